The number of hydrogen-bond acceptors (Lipinski definition) is 3. The fraction of sp³-hybridized carbons (Fsp3) is 0.538. The van der Waals surface area contributed by atoms with Crippen LogP contribution in [0, 0.1) is 0 Å². The van der Waals surface area contributed by atoms with Crippen LogP contribution in [-0.2, 0) is 6.42 Å². The molecule has 0 amide bonds. The number of benzene rings is 1. The molecule has 3 heteroatoms. The summed E-state index contributed by atoms with van der Waals surface area (Å²) in [5.41, 5.74) is 7.93. The number of aliphatic hydroxyl groups excluding tert-OH is 1. The molecule has 16 heavy (non-hydrogen) atoms. The fourth-order valence-electron chi connectivity index (χ4n) is 1.88. The van der Waals surface area contributed by atoms with E-state index in [1.54, 1.807) is 0 Å². The van der Waals surface area contributed by atoms with Crippen LogP contribution in [0.15, 0.2) is 24.3 Å². The molecule has 0 heterocycles. The van der Waals surface area contributed by atoms with E-state index in [0.29, 0.717) is 19.5 Å². The van der Waals surface area contributed by atoms with Crippen molar-refractivity contribution in [1.29, 1.82) is 0 Å². The SMILES string of the molecule is CCc1ccccc1N(C)CC(O)CCN. The Morgan fingerprint density at radius 2 is 2.06 bits per heavy atom. The van der Waals surface area contributed by atoms with E-state index in [0.717, 1.165) is 6.42 Å². The smallest absolute Gasteiger partial charge is 0.0726 e. The number of nitrogens with two attached hydrogens (primary N) is 1. The Morgan fingerprint density at radius 3 is 2.69 bits per heavy atom. The van der Waals surface area contributed by atoms with Crippen molar-refractivity contribution in [2.45, 2.75) is 25.9 Å². The van der Waals surface area contributed by atoms with Gasteiger partial charge in [0.1, 0.15) is 0 Å². The molecule has 0 aliphatic carbocycles. The topological polar surface area (TPSA) is 49.5 Å². The number of para-hydroxylation sites is 1. The van der Waals surface area contributed by atoms with Crippen molar-refractivity contribution in [3.63, 3.8) is 0 Å². The molecule has 0 aromatic heterocycles. The number of likely N-dealkylation sites (N-methyl/N-ethyl adjacent to an activating group) is 1. The van der Waals surface area contributed by atoms with Crippen molar-refractivity contribution in [3.8, 4) is 0 Å². The highest BCUT2D eigenvalue weighted by molar-refractivity contribution is 5.53. The zero-order valence-electron chi connectivity index (χ0n) is 10.2. The molecule has 0 spiro atoms. The Balaban J connectivity index is 2.68. The zero-order valence-corrected chi connectivity index (χ0v) is 10.2. The van der Waals surface area contributed by atoms with E-state index in [4.69, 9.17) is 5.73 Å². The van der Waals surface area contributed by atoms with Crippen LogP contribution in [0.3, 0.4) is 0 Å². The Morgan fingerprint density at radius 1 is 1.38 bits per heavy atom. The van der Waals surface area contributed by atoms with Gasteiger partial charge in [-0.25, -0.2) is 0 Å². The molecule has 0 bridgehead atoms. The highest BCUT2D eigenvalue weighted by Crippen LogP contribution is 2.19. The molecule has 3 nitrogen and oxygen atoms in total. The van der Waals surface area contributed by atoms with Gasteiger partial charge >= 0.3 is 0 Å². The van der Waals surface area contributed by atoms with Crippen LogP contribution in [0.4, 0.5) is 5.69 Å². The summed E-state index contributed by atoms with van der Waals surface area (Å²) in [5, 5.41) is 9.72. The van der Waals surface area contributed by atoms with Crippen molar-refractivity contribution in [1.82, 2.24) is 0 Å². The summed E-state index contributed by atoms with van der Waals surface area (Å²) in [4.78, 5) is 2.10. The molecule has 1 aromatic rings. The van der Waals surface area contributed by atoms with Crippen molar-refractivity contribution in [3.05, 3.63) is 29.8 Å². The van der Waals surface area contributed by atoms with Gasteiger partial charge in [0.25, 0.3) is 0 Å². The largest absolute Gasteiger partial charge is 0.391 e. The lowest BCUT2D eigenvalue weighted by Gasteiger charge is -2.24. The zero-order chi connectivity index (χ0) is 12.0. The molecule has 3 N–H and O–H groups in total. The molecule has 0 fully saturated rings. The van der Waals surface area contributed by atoms with Gasteiger partial charge in [0, 0.05) is 19.3 Å². The fourth-order valence-corrected chi connectivity index (χ4v) is 1.88. The number of anilines is 1. The number of rotatable bonds is 6. The molecule has 1 aromatic carbocycles. The van der Waals surface area contributed by atoms with Crippen LogP contribution in [0.25, 0.3) is 0 Å². The molecular formula is C13H22N2O. The third-order valence-corrected chi connectivity index (χ3v) is 2.77. The molecule has 1 unspecified atom stereocenters. The van der Waals surface area contributed by atoms with Gasteiger partial charge in [-0.15, -0.1) is 0 Å². The molecule has 0 saturated heterocycles. The van der Waals surface area contributed by atoms with E-state index < -0.39 is 0 Å². The highest BCUT2D eigenvalue weighted by Gasteiger charge is 2.10. The predicted octanol–water partition coefficient (Wildman–Crippen LogP) is 1.39. The Hall–Kier alpha value is -1.06. The van der Waals surface area contributed by atoms with Crippen LogP contribution < -0.4 is 10.6 Å². The van der Waals surface area contributed by atoms with E-state index in [1.165, 1.54) is 11.3 Å². The predicted molar refractivity (Wildman–Crippen MR) is 68.8 cm³/mol. The second kappa shape index (κ2) is 6.51. The van der Waals surface area contributed by atoms with Crippen molar-refractivity contribution in [2.75, 3.05) is 25.0 Å². The minimum Gasteiger partial charge on any atom is -0.391 e. The van der Waals surface area contributed by atoms with Gasteiger partial charge < -0.3 is 15.7 Å². The summed E-state index contributed by atoms with van der Waals surface area (Å²) in [6.45, 7) is 3.31. The lowest BCUT2D eigenvalue weighted by Crippen LogP contribution is -2.31. The molecule has 0 aliphatic rings. The lowest BCUT2D eigenvalue weighted by molar-refractivity contribution is 0.174. The van der Waals surface area contributed by atoms with Gasteiger partial charge in [-0.2, -0.15) is 0 Å². The van der Waals surface area contributed by atoms with Gasteiger partial charge in [-0.1, -0.05) is 25.1 Å². The Labute approximate surface area is 97.9 Å². The second-order valence-corrected chi connectivity index (χ2v) is 4.09. The van der Waals surface area contributed by atoms with Crippen LogP contribution in [0.5, 0.6) is 0 Å². The first-order chi connectivity index (χ1) is 7.69. The molecule has 0 aliphatic heterocycles. The van der Waals surface area contributed by atoms with E-state index in [2.05, 4.69) is 24.0 Å². The number of hydrogen-bond donors (Lipinski definition) is 2. The average molecular weight is 222 g/mol. The third kappa shape index (κ3) is 3.51. The summed E-state index contributed by atoms with van der Waals surface area (Å²) in [6, 6.07) is 8.29. The van der Waals surface area contributed by atoms with E-state index >= 15 is 0 Å². The first-order valence-electron chi connectivity index (χ1n) is 5.86. The van der Waals surface area contributed by atoms with Crippen LogP contribution >= 0.6 is 0 Å². The molecule has 0 saturated carbocycles. The number of nitrogens with zero attached hydrogens (tertiary/aromatic N) is 1. The van der Waals surface area contributed by atoms with Gasteiger partial charge in [0.2, 0.25) is 0 Å². The standard InChI is InChI=1S/C13H22N2O/c1-3-11-6-4-5-7-13(11)15(2)10-12(16)8-9-14/h4-7,12,16H,3,8-10,14H2,1-2H3. The number of aliphatic hydroxyl groups is 1. The van der Waals surface area contributed by atoms with Crippen LogP contribution in [0.2, 0.25) is 0 Å². The van der Waals surface area contributed by atoms with Crippen LogP contribution in [0.1, 0.15) is 18.9 Å². The lowest BCUT2D eigenvalue weighted by atomic mass is 10.1. The summed E-state index contributed by atoms with van der Waals surface area (Å²) in [7, 11) is 2.01. The molecular weight excluding hydrogens is 200 g/mol. The summed E-state index contributed by atoms with van der Waals surface area (Å²) < 4.78 is 0. The van der Waals surface area contributed by atoms with Crippen molar-refractivity contribution >= 4 is 5.69 Å². The summed E-state index contributed by atoms with van der Waals surface area (Å²) >= 11 is 0. The Kier molecular flexibility index (Phi) is 5.29. The normalized spacial score (nSPS) is 12.5. The van der Waals surface area contributed by atoms with Gasteiger partial charge in [-0.3, -0.25) is 0 Å². The van der Waals surface area contributed by atoms with Crippen molar-refractivity contribution in [2.24, 2.45) is 5.73 Å². The van der Waals surface area contributed by atoms with Crippen LogP contribution in [-0.4, -0.2) is 31.3 Å². The maximum atomic E-state index is 9.72. The van der Waals surface area contributed by atoms with E-state index in [-0.39, 0.29) is 6.10 Å². The van der Waals surface area contributed by atoms with Gasteiger partial charge in [0.05, 0.1) is 6.10 Å². The monoisotopic (exact) mass is 222 g/mol. The molecule has 0 radical (unpaired) electrons. The molecule has 90 valence electrons. The maximum absolute atomic E-state index is 9.72. The van der Waals surface area contributed by atoms with Gasteiger partial charge in [-0.05, 0) is 31.0 Å². The number of aryl methyl sites for hydroxylation is 1. The van der Waals surface area contributed by atoms with Gasteiger partial charge in [0.15, 0.2) is 0 Å². The van der Waals surface area contributed by atoms with Crippen molar-refractivity contribution < 1.29 is 5.11 Å². The molecule has 1 atom stereocenters. The summed E-state index contributed by atoms with van der Waals surface area (Å²) in [6.07, 6.45) is 1.31. The average Bonchev–Trinajstić information content (AvgIpc) is 2.29. The molecule has 1 rings (SSSR count). The minimum absolute atomic E-state index is 0.347. The minimum atomic E-state index is -0.347. The van der Waals surface area contributed by atoms with E-state index in [1.807, 2.05) is 19.2 Å². The first kappa shape index (κ1) is 13.0. The third-order valence-electron chi connectivity index (χ3n) is 2.77. The quantitative estimate of drug-likeness (QED) is 0.765. The van der Waals surface area contributed by atoms with E-state index in [9.17, 15) is 5.11 Å². The maximum Gasteiger partial charge on any atom is 0.0726 e. The summed E-state index contributed by atoms with van der Waals surface area (Å²) in [5.74, 6) is 0. The Bertz CT molecular complexity index is 315. The second-order valence-electron chi connectivity index (χ2n) is 4.09. The first-order valence-corrected chi connectivity index (χ1v) is 5.86. The highest BCUT2D eigenvalue weighted by atomic mass is 16.3.